The number of hydrogen-bond acceptors (Lipinski definition) is 5. The molecule has 0 atom stereocenters. The Kier molecular flexibility index (Phi) is 4.59. The fourth-order valence-corrected chi connectivity index (χ4v) is 3.09. The van der Waals surface area contributed by atoms with E-state index in [1.165, 1.54) is 31.4 Å². The van der Waals surface area contributed by atoms with Crippen molar-refractivity contribution in [2.75, 3.05) is 0 Å². The Balaban J connectivity index is 1.48. The number of nitrogens with zero attached hydrogens (tertiary/aromatic N) is 4. The van der Waals surface area contributed by atoms with Crippen molar-refractivity contribution in [3.63, 3.8) is 0 Å². The van der Waals surface area contributed by atoms with E-state index in [9.17, 15) is 13.2 Å². The molecule has 0 N–H and O–H groups in total. The first kappa shape index (κ1) is 17.6. The average molecular weight is 378 g/mol. The zero-order chi connectivity index (χ0) is 18.9. The van der Waals surface area contributed by atoms with Gasteiger partial charge in [0.05, 0.1) is 6.10 Å². The van der Waals surface area contributed by atoms with Crippen molar-refractivity contribution in [1.82, 2.24) is 19.8 Å². The van der Waals surface area contributed by atoms with Gasteiger partial charge in [-0.1, -0.05) is 6.42 Å². The first-order valence-corrected chi connectivity index (χ1v) is 8.73. The molecule has 0 bridgehead atoms. The maximum atomic E-state index is 12.9. The smallest absolute Gasteiger partial charge is 0.453 e. The Labute approximate surface area is 152 Å². The standard InChI is InChI=1S/C18H17F3N4O2/c19-18(20,21)17-23-22-15-10-11-16(24-25(15)17)27-14-8-6-13(7-9-14)26-12-4-2-1-3-5-12/h6-12H,1-5H2. The van der Waals surface area contributed by atoms with Crippen molar-refractivity contribution < 1.29 is 22.6 Å². The summed E-state index contributed by atoms with van der Waals surface area (Å²) in [5, 5.41) is 10.4. The largest absolute Gasteiger partial charge is 0.490 e. The molecule has 1 fully saturated rings. The Hall–Kier alpha value is -2.84. The van der Waals surface area contributed by atoms with Gasteiger partial charge in [-0.15, -0.1) is 15.3 Å². The van der Waals surface area contributed by atoms with Gasteiger partial charge in [-0.25, -0.2) is 0 Å². The molecular formula is C18H17F3N4O2. The fourth-order valence-electron chi connectivity index (χ4n) is 3.09. The Morgan fingerprint density at radius 3 is 2.30 bits per heavy atom. The molecule has 0 spiro atoms. The first-order chi connectivity index (χ1) is 13.0. The van der Waals surface area contributed by atoms with Crippen LogP contribution in [0.4, 0.5) is 13.2 Å². The molecule has 1 aromatic carbocycles. The molecule has 142 valence electrons. The van der Waals surface area contributed by atoms with Crippen LogP contribution in [0, 0.1) is 0 Å². The lowest BCUT2D eigenvalue weighted by molar-refractivity contribution is -0.146. The molecule has 4 rings (SSSR count). The highest BCUT2D eigenvalue weighted by Gasteiger charge is 2.37. The summed E-state index contributed by atoms with van der Waals surface area (Å²) in [7, 11) is 0. The van der Waals surface area contributed by atoms with Gasteiger partial charge in [0, 0.05) is 6.07 Å². The number of hydrogen-bond donors (Lipinski definition) is 0. The van der Waals surface area contributed by atoms with Crippen LogP contribution < -0.4 is 9.47 Å². The number of halogens is 3. The van der Waals surface area contributed by atoms with Crippen molar-refractivity contribution in [2.24, 2.45) is 0 Å². The number of alkyl halides is 3. The van der Waals surface area contributed by atoms with Crippen LogP contribution in [-0.4, -0.2) is 25.9 Å². The van der Waals surface area contributed by atoms with E-state index in [1.807, 2.05) is 0 Å². The fraction of sp³-hybridized carbons (Fsp3) is 0.389. The third-order valence-electron chi connectivity index (χ3n) is 4.39. The maximum Gasteiger partial charge on any atom is 0.453 e. The number of ether oxygens (including phenoxy) is 2. The highest BCUT2D eigenvalue weighted by Crippen LogP contribution is 2.29. The molecule has 3 aromatic rings. The number of rotatable bonds is 4. The zero-order valence-electron chi connectivity index (χ0n) is 14.3. The molecule has 27 heavy (non-hydrogen) atoms. The lowest BCUT2D eigenvalue weighted by Crippen LogP contribution is -2.19. The van der Waals surface area contributed by atoms with E-state index in [-0.39, 0.29) is 17.6 Å². The van der Waals surface area contributed by atoms with Crippen LogP contribution in [0.25, 0.3) is 5.65 Å². The van der Waals surface area contributed by atoms with Crippen LogP contribution in [-0.2, 0) is 6.18 Å². The minimum atomic E-state index is -4.65. The van der Waals surface area contributed by atoms with Crippen molar-refractivity contribution >= 4 is 5.65 Å². The van der Waals surface area contributed by atoms with Crippen LogP contribution in [0.15, 0.2) is 36.4 Å². The molecule has 2 heterocycles. The topological polar surface area (TPSA) is 61.5 Å². The predicted octanol–water partition coefficient (Wildman–Crippen LogP) is 4.65. The van der Waals surface area contributed by atoms with Gasteiger partial charge in [0.15, 0.2) is 5.65 Å². The summed E-state index contributed by atoms with van der Waals surface area (Å²) in [6.45, 7) is 0. The van der Waals surface area contributed by atoms with E-state index in [4.69, 9.17) is 9.47 Å². The van der Waals surface area contributed by atoms with E-state index in [0.29, 0.717) is 10.3 Å². The van der Waals surface area contributed by atoms with Crippen LogP contribution in [0.3, 0.4) is 0 Å². The molecule has 0 unspecified atom stereocenters. The van der Waals surface area contributed by atoms with Crippen LogP contribution in [0.1, 0.15) is 37.9 Å². The second kappa shape index (κ2) is 7.05. The van der Waals surface area contributed by atoms with Crippen LogP contribution in [0.2, 0.25) is 0 Å². The van der Waals surface area contributed by atoms with Gasteiger partial charge < -0.3 is 9.47 Å². The highest BCUT2D eigenvalue weighted by molar-refractivity contribution is 5.39. The van der Waals surface area contributed by atoms with Crippen LogP contribution in [0.5, 0.6) is 17.4 Å². The van der Waals surface area contributed by atoms with Gasteiger partial charge in [-0.2, -0.15) is 17.7 Å². The summed E-state index contributed by atoms with van der Waals surface area (Å²) >= 11 is 0. The van der Waals surface area contributed by atoms with Crippen LogP contribution >= 0.6 is 0 Å². The maximum absolute atomic E-state index is 12.9. The molecule has 0 saturated heterocycles. The van der Waals surface area contributed by atoms with Crippen molar-refractivity contribution in [3.8, 4) is 17.4 Å². The van der Waals surface area contributed by atoms with Crippen molar-refractivity contribution in [3.05, 3.63) is 42.2 Å². The van der Waals surface area contributed by atoms with E-state index in [0.717, 1.165) is 18.6 Å². The third kappa shape index (κ3) is 3.96. The summed E-state index contributed by atoms with van der Waals surface area (Å²) in [5.41, 5.74) is -0.00842. The molecule has 2 aromatic heterocycles. The minimum absolute atomic E-state index is 0.00810. The SMILES string of the molecule is FC(F)(F)c1nnc2ccc(Oc3ccc(OC4CCCCC4)cc3)nn12. The second-order valence-corrected chi connectivity index (χ2v) is 6.41. The average Bonchev–Trinajstić information content (AvgIpc) is 3.08. The van der Waals surface area contributed by atoms with Gasteiger partial charge in [0.25, 0.3) is 5.82 Å². The Morgan fingerprint density at radius 2 is 1.59 bits per heavy atom. The number of aromatic nitrogens is 4. The molecule has 6 nitrogen and oxygen atoms in total. The first-order valence-electron chi connectivity index (χ1n) is 8.73. The van der Waals surface area contributed by atoms with E-state index >= 15 is 0 Å². The highest BCUT2D eigenvalue weighted by atomic mass is 19.4. The zero-order valence-corrected chi connectivity index (χ0v) is 14.3. The second-order valence-electron chi connectivity index (χ2n) is 6.41. The van der Waals surface area contributed by atoms with Crippen molar-refractivity contribution in [1.29, 1.82) is 0 Å². The van der Waals surface area contributed by atoms with E-state index in [1.54, 1.807) is 24.3 Å². The van der Waals surface area contributed by atoms with Gasteiger partial charge in [-0.05, 0) is 56.0 Å². The van der Waals surface area contributed by atoms with Gasteiger partial charge >= 0.3 is 6.18 Å². The lowest BCUT2D eigenvalue weighted by Gasteiger charge is -2.23. The van der Waals surface area contributed by atoms with Gasteiger partial charge in [0.1, 0.15) is 11.5 Å². The molecular weight excluding hydrogens is 361 g/mol. The summed E-state index contributed by atoms with van der Waals surface area (Å²) in [5.74, 6) is 0.00300. The monoisotopic (exact) mass is 378 g/mol. The number of benzene rings is 1. The van der Waals surface area contributed by atoms with Gasteiger partial charge in [-0.3, -0.25) is 0 Å². The predicted molar refractivity (Wildman–Crippen MR) is 89.8 cm³/mol. The number of fused-ring (bicyclic) bond motifs is 1. The molecule has 0 aliphatic heterocycles. The normalized spacial score (nSPS) is 15.8. The minimum Gasteiger partial charge on any atom is -0.490 e. The summed E-state index contributed by atoms with van der Waals surface area (Å²) in [4.78, 5) is 0. The van der Waals surface area contributed by atoms with Crippen molar-refractivity contribution in [2.45, 2.75) is 44.4 Å². The summed E-state index contributed by atoms with van der Waals surface area (Å²) in [6, 6.07) is 9.76. The summed E-state index contributed by atoms with van der Waals surface area (Å²) in [6.07, 6.45) is 1.33. The molecule has 0 amide bonds. The lowest BCUT2D eigenvalue weighted by atomic mass is 9.98. The molecule has 1 aliphatic carbocycles. The Bertz CT molecular complexity index is 918. The molecule has 9 heteroatoms. The van der Waals surface area contributed by atoms with E-state index < -0.39 is 12.0 Å². The Morgan fingerprint density at radius 1 is 0.889 bits per heavy atom. The molecule has 1 saturated carbocycles. The third-order valence-corrected chi connectivity index (χ3v) is 4.39. The quantitative estimate of drug-likeness (QED) is 0.662. The molecule has 0 radical (unpaired) electrons. The van der Waals surface area contributed by atoms with Gasteiger partial charge in [0.2, 0.25) is 5.88 Å². The van der Waals surface area contributed by atoms with E-state index in [2.05, 4.69) is 15.3 Å². The summed E-state index contributed by atoms with van der Waals surface area (Å²) < 4.78 is 50.9. The molecule has 1 aliphatic rings.